The van der Waals surface area contributed by atoms with Crippen LogP contribution in [0.4, 0.5) is 11.5 Å². The predicted octanol–water partition coefficient (Wildman–Crippen LogP) is 4.33. The fourth-order valence-electron chi connectivity index (χ4n) is 5.06. The molecule has 3 N–H and O–H groups in total. The normalized spacial score (nSPS) is 20.5. The maximum absolute atomic E-state index is 13.7. The molecule has 0 radical (unpaired) electrons. The van der Waals surface area contributed by atoms with Crippen molar-refractivity contribution in [2.45, 2.75) is 58.5 Å². The van der Waals surface area contributed by atoms with Crippen molar-refractivity contribution in [3.8, 4) is 0 Å². The Bertz CT molecular complexity index is 1300. The molecular weight excluding hydrogens is 510 g/mol. The van der Waals surface area contributed by atoms with E-state index in [0.29, 0.717) is 22.8 Å². The van der Waals surface area contributed by atoms with E-state index >= 15 is 0 Å². The second-order valence-corrected chi connectivity index (χ2v) is 10.9. The summed E-state index contributed by atoms with van der Waals surface area (Å²) < 4.78 is 16.5. The first-order valence-corrected chi connectivity index (χ1v) is 14.8. The summed E-state index contributed by atoms with van der Waals surface area (Å²) in [5, 5.41) is 5.28. The van der Waals surface area contributed by atoms with Gasteiger partial charge in [0.2, 0.25) is 0 Å². The second kappa shape index (κ2) is 11.8. The Kier molecular flexibility index (Phi) is 8.71. The summed E-state index contributed by atoms with van der Waals surface area (Å²) in [4.78, 5) is 22.7. The maximum Gasteiger partial charge on any atom is 0.256 e. The maximum atomic E-state index is 13.7. The quantitative estimate of drug-likeness (QED) is 0.494. The number of hydrogen-bond acceptors (Lipinski definition) is 6. The number of nitrogens with zero attached hydrogens (tertiary/aromatic N) is 5. The molecule has 2 aliphatic rings. The largest absolute Gasteiger partial charge is 0.355 e. The number of carbonyl (C=O) groups is 1. The van der Waals surface area contributed by atoms with Gasteiger partial charge in [-0.25, -0.2) is 13.7 Å². The van der Waals surface area contributed by atoms with E-state index in [4.69, 9.17) is 27.4 Å². The van der Waals surface area contributed by atoms with Gasteiger partial charge in [0.05, 0.1) is 23.0 Å². The zero-order chi connectivity index (χ0) is 26.7. The van der Waals surface area contributed by atoms with Crippen molar-refractivity contribution in [1.29, 1.82) is 0 Å². The molecular formula is C26H36ClN7O2S. The van der Waals surface area contributed by atoms with Crippen molar-refractivity contribution in [1.82, 2.24) is 19.5 Å². The van der Waals surface area contributed by atoms with E-state index in [1.807, 2.05) is 37.9 Å². The van der Waals surface area contributed by atoms with Gasteiger partial charge in [-0.15, -0.1) is 0 Å². The number of nitrogens with one attached hydrogen (secondary N) is 1. The van der Waals surface area contributed by atoms with Gasteiger partial charge < -0.3 is 20.3 Å². The summed E-state index contributed by atoms with van der Waals surface area (Å²) in [6.45, 7) is 8.35. The molecule has 0 bridgehead atoms. The molecule has 11 heteroatoms. The molecule has 3 aromatic rings. The fourth-order valence-corrected chi connectivity index (χ4v) is 5.72. The lowest BCUT2D eigenvalue weighted by Crippen LogP contribution is -2.39. The first-order chi connectivity index (χ1) is 17.8. The first-order valence-electron chi connectivity index (χ1n) is 12.9. The van der Waals surface area contributed by atoms with E-state index in [-0.39, 0.29) is 18.0 Å². The summed E-state index contributed by atoms with van der Waals surface area (Å²) in [7, 11) is -1.32. The summed E-state index contributed by atoms with van der Waals surface area (Å²) in [5.41, 5.74) is 9.64. The Morgan fingerprint density at radius 3 is 2.68 bits per heavy atom. The molecule has 2 aliphatic heterocycles. The van der Waals surface area contributed by atoms with Gasteiger partial charge in [-0.2, -0.15) is 5.10 Å². The molecule has 37 heavy (non-hydrogen) atoms. The van der Waals surface area contributed by atoms with Gasteiger partial charge in [0.1, 0.15) is 16.8 Å². The standard InChI is InChI=1S/C24H30ClN7O2S.C2H6/c1-15-13-32-22(27-23(15)30-10-8-17(26)14-30)12-20(28-32)21-5-3-4-9-31(21)24(33)18-11-16(25)6-7-19(18)29-35(2)34;1-2/h6-7,11-13,17,21,29H,3-5,8-10,14,26H2,1-2H3;1-2H3. The Labute approximate surface area is 226 Å². The number of likely N-dealkylation sites (tertiary alicyclic amines) is 1. The Balaban J connectivity index is 0.00000156. The highest BCUT2D eigenvalue weighted by Crippen LogP contribution is 2.34. The van der Waals surface area contributed by atoms with Gasteiger partial charge in [-0.3, -0.25) is 4.79 Å². The van der Waals surface area contributed by atoms with Crippen LogP contribution in [0.1, 0.15) is 67.2 Å². The van der Waals surface area contributed by atoms with Crippen molar-refractivity contribution < 1.29 is 9.00 Å². The van der Waals surface area contributed by atoms with Crippen LogP contribution < -0.4 is 15.4 Å². The third-order valence-electron chi connectivity index (χ3n) is 6.72. The number of fused-ring (bicyclic) bond motifs is 1. The van der Waals surface area contributed by atoms with E-state index in [1.54, 1.807) is 22.7 Å². The highest BCUT2D eigenvalue weighted by Gasteiger charge is 2.32. The number of rotatable bonds is 5. The van der Waals surface area contributed by atoms with Gasteiger partial charge in [0, 0.05) is 54.8 Å². The van der Waals surface area contributed by atoms with E-state index in [9.17, 15) is 9.00 Å². The van der Waals surface area contributed by atoms with Crippen LogP contribution in [-0.4, -0.2) is 61.5 Å². The van der Waals surface area contributed by atoms with Crippen LogP contribution in [0.25, 0.3) is 5.65 Å². The molecule has 2 saturated heterocycles. The van der Waals surface area contributed by atoms with Crippen LogP contribution in [0.2, 0.25) is 5.02 Å². The lowest BCUT2D eigenvalue weighted by atomic mass is 9.98. The first kappa shape index (κ1) is 27.3. The third-order valence-corrected chi connectivity index (χ3v) is 7.46. The van der Waals surface area contributed by atoms with E-state index in [0.717, 1.165) is 61.5 Å². The Morgan fingerprint density at radius 1 is 1.19 bits per heavy atom. The number of hydrogen-bond donors (Lipinski definition) is 2. The molecule has 3 unspecified atom stereocenters. The number of aryl methyl sites for hydroxylation is 1. The molecule has 0 spiro atoms. The molecule has 200 valence electrons. The molecule has 5 rings (SSSR count). The number of benzene rings is 1. The summed E-state index contributed by atoms with van der Waals surface area (Å²) in [6.07, 6.45) is 7.21. The molecule has 1 aromatic carbocycles. The summed E-state index contributed by atoms with van der Waals surface area (Å²) >= 11 is 6.23. The average Bonchev–Trinajstić information content (AvgIpc) is 3.50. The third kappa shape index (κ3) is 5.91. The highest BCUT2D eigenvalue weighted by atomic mass is 35.5. The van der Waals surface area contributed by atoms with Crippen LogP contribution in [0.3, 0.4) is 0 Å². The van der Waals surface area contributed by atoms with Crippen molar-refractivity contribution in [3.63, 3.8) is 0 Å². The zero-order valence-electron chi connectivity index (χ0n) is 21.9. The lowest BCUT2D eigenvalue weighted by Gasteiger charge is -2.35. The molecule has 0 aliphatic carbocycles. The average molecular weight is 546 g/mol. The lowest BCUT2D eigenvalue weighted by molar-refractivity contribution is 0.0607. The van der Waals surface area contributed by atoms with E-state index in [2.05, 4.69) is 9.62 Å². The molecule has 2 fully saturated rings. The minimum atomic E-state index is -1.32. The van der Waals surface area contributed by atoms with Crippen LogP contribution in [0, 0.1) is 6.92 Å². The van der Waals surface area contributed by atoms with Crippen LogP contribution >= 0.6 is 11.6 Å². The number of nitrogens with two attached hydrogens (primary N) is 1. The minimum absolute atomic E-state index is 0.155. The number of halogens is 1. The van der Waals surface area contributed by atoms with Crippen molar-refractivity contribution in [2.24, 2.45) is 5.73 Å². The van der Waals surface area contributed by atoms with Gasteiger partial charge in [-0.05, 0) is 50.8 Å². The topological polar surface area (TPSA) is 109 Å². The predicted molar refractivity (Wildman–Crippen MR) is 151 cm³/mol. The number of carbonyl (C=O) groups excluding carboxylic acids is 1. The molecule has 3 atom stereocenters. The van der Waals surface area contributed by atoms with Gasteiger partial charge >= 0.3 is 0 Å². The SMILES string of the molecule is CC.Cc1cn2nc(C3CCCCN3C(=O)c3cc(Cl)ccc3NS(C)=O)cc2nc1N1CCC(N)C1. The van der Waals surface area contributed by atoms with Gasteiger partial charge in [0.15, 0.2) is 5.65 Å². The Hall–Kier alpha value is -2.69. The molecule has 2 aromatic heterocycles. The smallest absolute Gasteiger partial charge is 0.256 e. The fraction of sp³-hybridized carbons (Fsp3) is 0.500. The number of amides is 1. The van der Waals surface area contributed by atoms with Gasteiger partial charge in [-0.1, -0.05) is 25.4 Å². The molecule has 0 saturated carbocycles. The van der Waals surface area contributed by atoms with E-state index < -0.39 is 11.0 Å². The zero-order valence-corrected chi connectivity index (χ0v) is 23.5. The van der Waals surface area contributed by atoms with Crippen LogP contribution in [0.5, 0.6) is 0 Å². The van der Waals surface area contributed by atoms with Crippen molar-refractivity contribution in [2.75, 3.05) is 35.5 Å². The van der Waals surface area contributed by atoms with Crippen LogP contribution in [-0.2, 0) is 11.0 Å². The van der Waals surface area contributed by atoms with Crippen LogP contribution in [0.15, 0.2) is 30.5 Å². The Morgan fingerprint density at radius 2 is 1.97 bits per heavy atom. The molecule has 4 heterocycles. The molecule has 9 nitrogen and oxygen atoms in total. The minimum Gasteiger partial charge on any atom is -0.355 e. The van der Waals surface area contributed by atoms with E-state index in [1.165, 1.54) is 6.26 Å². The number of aromatic nitrogens is 3. The number of anilines is 2. The monoisotopic (exact) mass is 545 g/mol. The summed E-state index contributed by atoms with van der Waals surface area (Å²) in [5.74, 6) is 0.786. The highest BCUT2D eigenvalue weighted by molar-refractivity contribution is 7.85. The number of piperidine rings is 1. The molecule has 1 amide bonds. The van der Waals surface area contributed by atoms with Gasteiger partial charge in [0.25, 0.3) is 5.91 Å². The second-order valence-electron chi connectivity index (χ2n) is 9.37. The van der Waals surface area contributed by atoms with Crippen molar-refractivity contribution in [3.05, 3.63) is 52.3 Å². The van der Waals surface area contributed by atoms with Crippen molar-refractivity contribution >= 4 is 45.6 Å². The summed E-state index contributed by atoms with van der Waals surface area (Å²) in [6, 6.07) is 6.98.